The molecule has 0 radical (unpaired) electrons. The minimum Gasteiger partial charge on any atom is -0.327 e. The van der Waals surface area contributed by atoms with E-state index in [9.17, 15) is 9.18 Å². The van der Waals surface area contributed by atoms with E-state index >= 15 is 0 Å². The molecule has 22 heavy (non-hydrogen) atoms. The van der Waals surface area contributed by atoms with E-state index < -0.39 is 5.82 Å². The molecule has 1 aromatic carbocycles. The van der Waals surface area contributed by atoms with Gasteiger partial charge in [0.05, 0.1) is 5.69 Å². The monoisotopic (exact) mass is 346 g/mol. The number of anilines is 1. The Morgan fingerprint density at radius 1 is 1.27 bits per heavy atom. The van der Waals surface area contributed by atoms with Gasteiger partial charge in [-0.05, 0) is 55.7 Å². The molecule has 0 aromatic heterocycles. The lowest BCUT2D eigenvalue weighted by Crippen LogP contribution is -2.48. The molecule has 0 heterocycles. The van der Waals surface area contributed by atoms with Crippen molar-refractivity contribution in [2.45, 2.75) is 38.1 Å². The zero-order valence-electron chi connectivity index (χ0n) is 12.2. The summed E-state index contributed by atoms with van der Waals surface area (Å²) in [5, 5.41) is 3.02. The van der Waals surface area contributed by atoms with E-state index in [1.807, 2.05) is 0 Å². The normalized spacial score (nSPS) is 30.3. The molecule has 2 aliphatic rings. The first-order valence-corrected chi connectivity index (χ1v) is 7.94. The summed E-state index contributed by atoms with van der Waals surface area (Å²) in [6.07, 6.45) is 5.06. The molecule has 2 bridgehead atoms. The maximum Gasteiger partial charge on any atom is 0.227 e. The first-order valence-electron chi connectivity index (χ1n) is 7.56. The summed E-state index contributed by atoms with van der Waals surface area (Å²) < 4.78 is 13.8. The molecule has 3 rings (SSSR count). The number of nitrogens with one attached hydrogen (secondary N) is 1. The molecule has 0 spiro atoms. The van der Waals surface area contributed by atoms with Crippen molar-refractivity contribution in [3.63, 3.8) is 0 Å². The van der Waals surface area contributed by atoms with Gasteiger partial charge in [0.15, 0.2) is 0 Å². The van der Waals surface area contributed by atoms with E-state index in [0.717, 1.165) is 25.7 Å². The predicted octanol–water partition coefficient (Wildman–Crippen LogP) is 3.99. The van der Waals surface area contributed by atoms with Crippen LogP contribution in [-0.4, -0.2) is 11.9 Å². The molecule has 2 saturated carbocycles. The van der Waals surface area contributed by atoms with E-state index in [1.54, 1.807) is 6.07 Å². The molecule has 2 atom stereocenters. The highest BCUT2D eigenvalue weighted by Crippen LogP contribution is 2.42. The zero-order valence-corrected chi connectivity index (χ0v) is 13.8. The molecule has 2 aliphatic carbocycles. The maximum atomic E-state index is 13.8. The van der Waals surface area contributed by atoms with Gasteiger partial charge in [-0.3, -0.25) is 4.79 Å². The van der Waals surface area contributed by atoms with Crippen LogP contribution in [0.5, 0.6) is 0 Å². The van der Waals surface area contributed by atoms with Gasteiger partial charge in [-0.15, -0.1) is 12.4 Å². The molecule has 2 fully saturated rings. The molecule has 0 saturated heterocycles. The maximum absolute atomic E-state index is 13.8. The van der Waals surface area contributed by atoms with Crippen molar-refractivity contribution in [2.75, 3.05) is 5.32 Å². The van der Waals surface area contributed by atoms with Gasteiger partial charge in [0.25, 0.3) is 0 Å². The molecular formula is C16H21Cl2FN2O. The summed E-state index contributed by atoms with van der Waals surface area (Å²) in [4.78, 5) is 12.4. The minimum atomic E-state index is -0.497. The highest BCUT2D eigenvalue weighted by atomic mass is 35.5. The highest BCUT2D eigenvalue weighted by Gasteiger charge is 2.40. The lowest BCUT2D eigenvalue weighted by molar-refractivity contribution is -0.122. The molecule has 1 aromatic rings. The zero-order chi connectivity index (χ0) is 15.0. The van der Waals surface area contributed by atoms with Crippen LogP contribution in [-0.2, 0) is 4.79 Å². The first kappa shape index (κ1) is 17.5. The average Bonchev–Trinajstić information content (AvgIpc) is 2.41. The standard InChI is InChI=1S/C16H20ClFN2O.ClH/c17-12-4-5-14(13(18)8-12)20-16(21)11-6-9-2-1-3-10(7-11)15(9)19;/h4-5,8-11,15H,1-3,6-7,19H2,(H,20,21);1H. The van der Waals surface area contributed by atoms with Gasteiger partial charge < -0.3 is 11.1 Å². The summed E-state index contributed by atoms with van der Waals surface area (Å²) in [6.45, 7) is 0. The molecule has 3 N–H and O–H groups in total. The van der Waals surface area contributed by atoms with E-state index in [2.05, 4.69) is 5.32 Å². The van der Waals surface area contributed by atoms with E-state index in [1.165, 1.54) is 18.6 Å². The van der Waals surface area contributed by atoms with Gasteiger partial charge in [0.2, 0.25) is 5.91 Å². The fourth-order valence-corrected chi connectivity index (χ4v) is 3.99. The van der Waals surface area contributed by atoms with Crippen LogP contribution in [0.1, 0.15) is 32.1 Å². The topological polar surface area (TPSA) is 55.1 Å². The van der Waals surface area contributed by atoms with Crippen molar-refractivity contribution < 1.29 is 9.18 Å². The van der Waals surface area contributed by atoms with E-state index in [-0.39, 0.29) is 36.0 Å². The lowest BCUT2D eigenvalue weighted by Gasteiger charge is -2.43. The Balaban J connectivity index is 0.00000176. The fraction of sp³-hybridized carbons (Fsp3) is 0.562. The number of hydrogen-bond donors (Lipinski definition) is 2. The Kier molecular flexibility index (Phi) is 5.70. The Morgan fingerprint density at radius 3 is 2.50 bits per heavy atom. The second kappa shape index (κ2) is 7.16. The summed E-state index contributed by atoms with van der Waals surface area (Å²) >= 11 is 5.72. The number of benzene rings is 1. The molecule has 2 unspecified atom stereocenters. The third-order valence-corrected chi connectivity index (χ3v) is 5.21. The third kappa shape index (κ3) is 3.55. The number of nitrogens with two attached hydrogens (primary N) is 1. The molecule has 122 valence electrons. The van der Waals surface area contributed by atoms with Crippen molar-refractivity contribution in [2.24, 2.45) is 23.5 Å². The van der Waals surface area contributed by atoms with Crippen LogP contribution in [0.2, 0.25) is 5.02 Å². The van der Waals surface area contributed by atoms with Gasteiger partial charge >= 0.3 is 0 Å². The van der Waals surface area contributed by atoms with Gasteiger partial charge in [-0.2, -0.15) is 0 Å². The Bertz CT molecular complexity index is 541. The quantitative estimate of drug-likeness (QED) is 0.850. The van der Waals surface area contributed by atoms with Crippen molar-refractivity contribution in [3.05, 3.63) is 29.0 Å². The number of fused-ring (bicyclic) bond motifs is 2. The number of rotatable bonds is 2. The Labute approximate surface area is 141 Å². The summed E-state index contributed by atoms with van der Waals surface area (Å²) in [7, 11) is 0. The third-order valence-electron chi connectivity index (χ3n) is 4.97. The largest absolute Gasteiger partial charge is 0.327 e. The van der Waals surface area contributed by atoms with Gasteiger partial charge in [-0.1, -0.05) is 18.0 Å². The molecular weight excluding hydrogens is 326 g/mol. The molecule has 6 heteroatoms. The summed E-state index contributed by atoms with van der Waals surface area (Å²) in [6, 6.07) is 4.52. The molecule has 1 amide bonds. The van der Waals surface area contributed by atoms with Crippen LogP contribution in [0.4, 0.5) is 10.1 Å². The minimum absolute atomic E-state index is 0. The number of carbonyl (C=O) groups is 1. The van der Waals surface area contributed by atoms with Gasteiger partial charge in [0.1, 0.15) is 5.82 Å². The summed E-state index contributed by atoms with van der Waals surface area (Å²) in [5.41, 5.74) is 6.43. The van der Waals surface area contributed by atoms with E-state index in [4.69, 9.17) is 17.3 Å². The van der Waals surface area contributed by atoms with Crippen LogP contribution < -0.4 is 11.1 Å². The second-order valence-corrected chi connectivity index (χ2v) is 6.75. The SMILES string of the molecule is Cl.NC1C2CCCC1CC(C(=O)Nc1ccc(Cl)cc1F)C2. The van der Waals surface area contributed by atoms with Gasteiger partial charge in [0, 0.05) is 17.0 Å². The van der Waals surface area contributed by atoms with Crippen LogP contribution in [0.15, 0.2) is 18.2 Å². The number of amides is 1. The molecule has 3 nitrogen and oxygen atoms in total. The average molecular weight is 347 g/mol. The Morgan fingerprint density at radius 2 is 1.91 bits per heavy atom. The number of hydrogen-bond acceptors (Lipinski definition) is 2. The Hall–Kier alpha value is -0.840. The summed E-state index contributed by atoms with van der Waals surface area (Å²) in [5.74, 6) is 0.213. The molecule has 0 aliphatic heterocycles. The van der Waals surface area contributed by atoms with Gasteiger partial charge in [-0.25, -0.2) is 4.39 Å². The number of halogens is 3. The van der Waals surface area contributed by atoms with Crippen molar-refractivity contribution in [1.29, 1.82) is 0 Å². The smallest absolute Gasteiger partial charge is 0.227 e. The van der Waals surface area contributed by atoms with Crippen molar-refractivity contribution in [1.82, 2.24) is 0 Å². The van der Waals surface area contributed by atoms with Crippen LogP contribution >= 0.6 is 24.0 Å². The van der Waals surface area contributed by atoms with E-state index in [0.29, 0.717) is 16.9 Å². The van der Waals surface area contributed by atoms with Crippen LogP contribution in [0, 0.1) is 23.6 Å². The van der Waals surface area contributed by atoms with Crippen molar-refractivity contribution >= 4 is 35.6 Å². The first-order chi connectivity index (χ1) is 10.0. The fourth-order valence-electron chi connectivity index (χ4n) is 3.83. The highest BCUT2D eigenvalue weighted by molar-refractivity contribution is 6.30. The predicted molar refractivity (Wildman–Crippen MR) is 88.8 cm³/mol. The van der Waals surface area contributed by atoms with Crippen LogP contribution in [0.25, 0.3) is 0 Å². The van der Waals surface area contributed by atoms with Crippen LogP contribution in [0.3, 0.4) is 0 Å². The van der Waals surface area contributed by atoms with Crippen molar-refractivity contribution in [3.8, 4) is 0 Å². The lowest BCUT2D eigenvalue weighted by atomic mass is 9.65. The second-order valence-electron chi connectivity index (χ2n) is 6.31. The number of carbonyl (C=O) groups excluding carboxylic acids is 1.